The lowest BCUT2D eigenvalue weighted by molar-refractivity contribution is -0.149. The van der Waals surface area contributed by atoms with E-state index in [-0.39, 0.29) is 17.4 Å². The third kappa shape index (κ3) is 3.66. The summed E-state index contributed by atoms with van der Waals surface area (Å²) in [6.07, 6.45) is 8.73. The van der Waals surface area contributed by atoms with Crippen LogP contribution in [0.5, 0.6) is 0 Å². The van der Waals surface area contributed by atoms with Gasteiger partial charge in [-0.15, -0.1) is 5.10 Å². The summed E-state index contributed by atoms with van der Waals surface area (Å²) >= 11 is 7.01. The van der Waals surface area contributed by atoms with Crippen molar-refractivity contribution < 1.29 is 4.79 Å². The number of carbonyl (C=O) groups is 1. The van der Waals surface area contributed by atoms with Crippen LogP contribution < -0.4 is 5.73 Å². The highest BCUT2D eigenvalue weighted by Crippen LogP contribution is 2.55. The molecule has 0 atom stereocenters. The number of amides is 1. The summed E-state index contributed by atoms with van der Waals surface area (Å²) in [4.78, 5) is 18.5. The molecule has 2 fully saturated rings. The van der Waals surface area contributed by atoms with Crippen molar-refractivity contribution in [1.29, 1.82) is 0 Å². The smallest absolute Gasteiger partial charge is 0.245 e. The van der Waals surface area contributed by atoms with Gasteiger partial charge in [0.2, 0.25) is 5.91 Å². The van der Waals surface area contributed by atoms with E-state index in [0.29, 0.717) is 16.7 Å². The molecule has 1 saturated heterocycles. The van der Waals surface area contributed by atoms with E-state index in [1.54, 1.807) is 16.9 Å². The molecule has 0 bridgehead atoms. The zero-order chi connectivity index (χ0) is 27.8. The van der Waals surface area contributed by atoms with E-state index >= 15 is 0 Å². The fraction of sp³-hybridized carbons (Fsp3) is 0.276. The Morgan fingerprint density at radius 3 is 2.65 bits per heavy atom. The standard InChI is InChI=1S/C29H28ClN9O/c1-4-24(40)37-14-29(15-37)10-19(11-29)39-17(3)25(26-20-13-33-34-21(20)9-16(2)27(26)30)28(36-39)18-5-6-23(32-12-18)38-8-7-22(31)35-38/h4-9,12-13,19H,1,10-11,14-15H2,2-3H3,(H2,31,35)(H,33,34). The second-order valence-electron chi connectivity index (χ2n) is 11.0. The Balaban J connectivity index is 1.32. The number of halogens is 1. The van der Waals surface area contributed by atoms with E-state index in [4.69, 9.17) is 22.4 Å². The molecule has 1 saturated carbocycles. The molecule has 0 radical (unpaired) electrons. The molecule has 1 aromatic carbocycles. The molecule has 7 rings (SSSR count). The molecule has 202 valence electrons. The molecule has 2 aliphatic rings. The Labute approximate surface area is 235 Å². The SMILES string of the molecule is C=CC(=O)N1CC2(CC(n3nc(-c4ccc(-n5ccc(N)n5)nc4)c(-c4c(Cl)c(C)cc5[nH]ncc45)c3C)C2)C1. The van der Waals surface area contributed by atoms with E-state index in [0.717, 1.165) is 70.5 Å². The maximum atomic E-state index is 12.0. The van der Waals surface area contributed by atoms with Gasteiger partial charge in [0, 0.05) is 64.7 Å². The first-order valence-electron chi connectivity index (χ1n) is 13.2. The average molecular weight is 554 g/mol. The summed E-state index contributed by atoms with van der Waals surface area (Å²) in [6.45, 7) is 9.27. The predicted molar refractivity (Wildman–Crippen MR) is 154 cm³/mol. The van der Waals surface area contributed by atoms with Gasteiger partial charge in [-0.3, -0.25) is 14.6 Å². The van der Waals surface area contributed by atoms with Gasteiger partial charge in [0.1, 0.15) is 11.5 Å². The van der Waals surface area contributed by atoms with Crippen LogP contribution in [-0.2, 0) is 4.79 Å². The molecular formula is C29H28ClN9O. The highest BCUT2D eigenvalue weighted by Gasteiger charge is 2.54. The van der Waals surface area contributed by atoms with Crippen molar-refractivity contribution in [3.8, 4) is 28.2 Å². The number of benzene rings is 1. The molecule has 1 amide bonds. The number of carbonyl (C=O) groups excluding carboxylic acids is 1. The maximum absolute atomic E-state index is 12.0. The minimum absolute atomic E-state index is 0.000815. The second kappa shape index (κ2) is 8.79. The molecule has 10 nitrogen and oxygen atoms in total. The van der Waals surface area contributed by atoms with Crippen molar-refractivity contribution in [2.24, 2.45) is 5.41 Å². The number of hydrogen-bond acceptors (Lipinski definition) is 6. The normalized spacial score (nSPS) is 16.3. The zero-order valence-electron chi connectivity index (χ0n) is 22.2. The summed E-state index contributed by atoms with van der Waals surface area (Å²) in [7, 11) is 0. The van der Waals surface area contributed by atoms with E-state index in [1.165, 1.54) is 6.08 Å². The Morgan fingerprint density at radius 1 is 1.18 bits per heavy atom. The maximum Gasteiger partial charge on any atom is 0.245 e. The van der Waals surface area contributed by atoms with Crippen molar-refractivity contribution in [2.75, 3.05) is 18.8 Å². The Morgan fingerprint density at radius 2 is 1.98 bits per heavy atom. The van der Waals surface area contributed by atoms with Crippen LogP contribution in [0, 0.1) is 19.3 Å². The number of hydrogen-bond donors (Lipinski definition) is 2. The van der Waals surface area contributed by atoms with Gasteiger partial charge < -0.3 is 10.6 Å². The third-order valence-electron chi connectivity index (χ3n) is 8.35. The first kappa shape index (κ1) is 24.6. The first-order valence-corrected chi connectivity index (χ1v) is 13.6. The summed E-state index contributed by atoms with van der Waals surface area (Å²) in [6, 6.07) is 7.88. The fourth-order valence-corrected chi connectivity index (χ4v) is 6.62. The van der Waals surface area contributed by atoms with Gasteiger partial charge in [0.25, 0.3) is 0 Å². The Kier molecular flexibility index (Phi) is 5.40. The number of aryl methyl sites for hydroxylation is 1. The van der Waals surface area contributed by atoms with E-state index in [2.05, 4.69) is 38.5 Å². The molecule has 1 spiro atoms. The number of anilines is 1. The molecular weight excluding hydrogens is 526 g/mol. The lowest BCUT2D eigenvalue weighted by Gasteiger charge is -2.58. The molecule has 40 heavy (non-hydrogen) atoms. The Hall–Kier alpha value is -4.44. The van der Waals surface area contributed by atoms with Gasteiger partial charge in [0.15, 0.2) is 5.82 Å². The molecule has 1 aliphatic heterocycles. The van der Waals surface area contributed by atoms with Crippen LogP contribution >= 0.6 is 11.6 Å². The van der Waals surface area contributed by atoms with Crippen molar-refractivity contribution >= 4 is 34.2 Å². The van der Waals surface area contributed by atoms with Crippen LogP contribution in [-0.4, -0.2) is 58.6 Å². The van der Waals surface area contributed by atoms with E-state index < -0.39 is 0 Å². The number of aromatic nitrogens is 7. The number of fused-ring (bicyclic) bond motifs is 1. The molecule has 3 N–H and O–H groups in total. The number of nitrogens with zero attached hydrogens (tertiary/aromatic N) is 7. The monoisotopic (exact) mass is 553 g/mol. The van der Waals surface area contributed by atoms with E-state index in [9.17, 15) is 4.79 Å². The molecule has 0 unspecified atom stereocenters. The zero-order valence-corrected chi connectivity index (χ0v) is 23.0. The highest BCUT2D eigenvalue weighted by molar-refractivity contribution is 6.36. The number of rotatable bonds is 5. The predicted octanol–water partition coefficient (Wildman–Crippen LogP) is 4.88. The minimum Gasteiger partial charge on any atom is -0.382 e. The van der Waals surface area contributed by atoms with Gasteiger partial charge in [-0.05, 0) is 56.5 Å². The van der Waals surface area contributed by atoms with E-state index in [1.807, 2.05) is 42.4 Å². The second-order valence-corrected chi connectivity index (χ2v) is 11.4. The lowest BCUT2D eigenvalue weighted by Crippen LogP contribution is -2.63. The average Bonchev–Trinajstić information content (AvgIpc) is 3.63. The molecule has 11 heteroatoms. The number of nitrogens with one attached hydrogen (secondary N) is 1. The topological polar surface area (TPSA) is 124 Å². The number of H-pyrrole nitrogens is 1. The van der Waals surface area contributed by atoms with Crippen molar-refractivity contribution in [3.05, 3.63) is 71.8 Å². The van der Waals surface area contributed by atoms with Crippen LogP contribution in [0.2, 0.25) is 5.02 Å². The minimum atomic E-state index is 0.000815. The van der Waals surface area contributed by atoms with Gasteiger partial charge >= 0.3 is 0 Å². The number of nitrogens with two attached hydrogens (primary N) is 1. The fourth-order valence-electron chi connectivity index (χ4n) is 6.37. The molecule has 5 heterocycles. The van der Waals surface area contributed by atoms with Gasteiger partial charge in [0.05, 0.1) is 22.8 Å². The summed E-state index contributed by atoms with van der Waals surface area (Å²) in [5, 5.41) is 18.5. The van der Waals surface area contributed by atoms with Crippen LogP contribution in [0.4, 0.5) is 5.82 Å². The number of likely N-dealkylation sites (tertiary alicyclic amines) is 1. The lowest BCUT2D eigenvalue weighted by atomic mass is 9.60. The largest absolute Gasteiger partial charge is 0.382 e. The van der Waals surface area contributed by atoms with Crippen molar-refractivity contribution in [3.63, 3.8) is 0 Å². The van der Waals surface area contributed by atoms with Crippen LogP contribution in [0.25, 0.3) is 39.1 Å². The number of nitrogen functional groups attached to an aromatic ring is 1. The van der Waals surface area contributed by atoms with Crippen molar-refractivity contribution in [2.45, 2.75) is 32.7 Å². The molecule has 1 aliphatic carbocycles. The summed E-state index contributed by atoms with van der Waals surface area (Å²) < 4.78 is 3.78. The highest BCUT2D eigenvalue weighted by atomic mass is 35.5. The van der Waals surface area contributed by atoms with Crippen molar-refractivity contribution in [1.82, 2.24) is 39.6 Å². The van der Waals surface area contributed by atoms with Crippen LogP contribution in [0.3, 0.4) is 0 Å². The number of pyridine rings is 1. The van der Waals surface area contributed by atoms with Gasteiger partial charge in [-0.2, -0.15) is 10.2 Å². The van der Waals surface area contributed by atoms with Crippen LogP contribution in [0.1, 0.15) is 30.1 Å². The number of aromatic amines is 1. The van der Waals surface area contributed by atoms with Gasteiger partial charge in [-0.25, -0.2) is 9.67 Å². The third-order valence-corrected chi connectivity index (χ3v) is 8.84. The van der Waals surface area contributed by atoms with Gasteiger partial charge in [-0.1, -0.05) is 18.2 Å². The van der Waals surface area contributed by atoms with Crippen LogP contribution in [0.15, 0.2) is 55.5 Å². The molecule has 5 aromatic rings. The Bertz CT molecular complexity index is 1800. The summed E-state index contributed by atoms with van der Waals surface area (Å²) in [5.41, 5.74) is 12.4. The first-order chi connectivity index (χ1) is 19.3. The quantitative estimate of drug-likeness (QED) is 0.299. The molecule has 4 aromatic heterocycles. The summed E-state index contributed by atoms with van der Waals surface area (Å²) in [5.74, 6) is 1.09.